The first-order valence-electron chi connectivity index (χ1n) is 10.1. The summed E-state index contributed by atoms with van der Waals surface area (Å²) in [5.74, 6) is 1.68. The van der Waals surface area contributed by atoms with Gasteiger partial charge in [0.05, 0.1) is 19.1 Å². The molecule has 148 valence electrons. The van der Waals surface area contributed by atoms with Crippen LogP contribution in [-0.4, -0.2) is 44.2 Å². The topological polar surface area (TPSA) is 50.8 Å². The summed E-state index contributed by atoms with van der Waals surface area (Å²) in [6, 6.07) is 16.3. The minimum absolute atomic E-state index is 0.0709. The van der Waals surface area contributed by atoms with E-state index >= 15 is 0 Å². The van der Waals surface area contributed by atoms with E-state index in [9.17, 15) is 4.79 Å². The van der Waals surface area contributed by atoms with Crippen molar-refractivity contribution in [1.82, 2.24) is 10.2 Å². The van der Waals surface area contributed by atoms with Gasteiger partial charge in [0.1, 0.15) is 18.1 Å². The van der Waals surface area contributed by atoms with E-state index in [-0.39, 0.29) is 17.9 Å². The van der Waals surface area contributed by atoms with Crippen LogP contribution in [0.3, 0.4) is 0 Å². The summed E-state index contributed by atoms with van der Waals surface area (Å²) in [4.78, 5) is 15.3. The van der Waals surface area contributed by atoms with Gasteiger partial charge in [-0.2, -0.15) is 0 Å². The van der Waals surface area contributed by atoms with Crippen LogP contribution in [0, 0.1) is 5.92 Å². The highest BCUT2D eigenvalue weighted by Crippen LogP contribution is 2.29. The van der Waals surface area contributed by atoms with Crippen LogP contribution in [0.2, 0.25) is 0 Å². The molecule has 0 saturated carbocycles. The van der Waals surface area contributed by atoms with E-state index in [0.29, 0.717) is 13.2 Å². The lowest BCUT2D eigenvalue weighted by atomic mass is 9.96. The van der Waals surface area contributed by atoms with E-state index in [4.69, 9.17) is 9.47 Å². The quantitative estimate of drug-likeness (QED) is 0.836. The zero-order valence-electron chi connectivity index (χ0n) is 16.4. The lowest BCUT2D eigenvalue weighted by molar-refractivity contribution is -0.126. The second-order valence-electron chi connectivity index (χ2n) is 7.60. The van der Waals surface area contributed by atoms with E-state index in [1.54, 1.807) is 7.11 Å². The Morgan fingerprint density at radius 3 is 2.86 bits per heavy atom. The number of hydrogen-bond donors (Lipinski definition) is 1. The normalized spacial score (nSPS) is 20.1. The Hall–Kier alpha value is -2.53. The molecule has 0 radical (unpaired) electrons. The summed E-state index contributed by atoms with van der Waals surface area (Å²) >= 11 is 0. The Balaban J connectivity index is 1.43. The van der Waals surface area contributed by atoms with Crippen molar-refractivity contribution in [3.05, 3.63) is 59.7 Å². The molecule has 28 heavy (non-hydrogen) atoms. The van der Waals surface area contributed by atoms with Crippen LogP contribution in [0.5, 0.6) is 11.5 Å². The van der Waals surface area contributed by atoms with E-state index in [1.165, 1.54) is 18.4 Å². The molecule has 2 atom stereocenters. The monoisotopic (exact) mass is 380 g/mol. The molecule has 2 aliphatic heterocycles. The zero-order valence-corrected chi connectivity index (χ0v) is 16.4. The van der Waals surface area contributed by atoms with Gasteiger partial charge in [0.2, 0.25) is 5.91 Å². The number of hydrogen-bond acceptors (Lipinski definition) is 4. The molecule has 2 aromatic carbocycles. The van der Waals surface area contributed by atoms with Crippen LogP contribution >= 0.6 is 0 Å². The highest BCUT2D eigenvalue weighted by molar-refractivity contribution is 5.79. The largest absolute Gasteiger partial charge is 0.497 e. The van der Waals surface area contributed by atoms with Crippen molar-refractivity contribution in [2.75, 3.05) is 33.4 Å². The number of ether oxygens (including phenoxy) is 2. The second kappa shape index (κ2) is 8.65. The Morgan fingerprint density at radius 1 is 1.21 bits per heavy atom. The molecule has 1 fully saturated rings. The van der Waals surface area contributed by atoms with Crippen molar-refractivity contribution in [3.8, 4) is 11.5 Å². The highest BCUT2D eigenvalue weighted by atomic mass is 16.5. The zero-order chi connectivity index (χ0) is 19.3. The van der Waals surface area contributed by atoms with E-state index < -0.39 is 0 Å². The van der Waals surface area contributed by atoms with Gasteiger partial charge in [0.25, 0.3) is 0 Å². The van der Waals surface area contributed by atoms with Crippen molar-refractivity contribution < 1.29 is 14.3 Å². The van der Waals surface area contributed by atoms with Crippen molar-refractivity contribution in [1.29, 1.82) is 0 Å². The van der Waals surface area contributed by atoms with Gasteiger partial charge in [-0.05, 0) is 61.7 Å². The molecule has 5 heteroatoms. The Morgan fingerprint density at radius 2 is 2.04 bits per heavy atom. The Kier molecular flexibility index (Phi) is 5.81. The van der Waals surface area contributed by atoms with Crippen LogP contribution in [0.4, 0.5) is 0 Å². The second-order valence-corrected chi connectivity index (χ2v) is 7.60. The van der Waals surface area contributed by atoms with Crippen molar-refractivity contribution in [2.24, 2.45) is 5.92 Å². The summed E-state index contributed by atoms with van der Waals surface area (Å²) in [6.07, 6.45) is 3.15. The third kappa shape index (κ3) is 4.14. The number of fused-ring (bicyclic) bond motifs is 1. The van der Waals surface area contributed by atoms with Gasteiger partial charge in [0.15, 0.2) is 0 Å². The predicted molar refractivity (Wildman–Crippen MR) is 109 cm³/mol. The molecular weight excluding hydrogens is 352 g/mol. The number of nitrogens with zero attached hydrogens (tertiary/aromatic N) is 1. The summed E-state index contributed by atoms with van der Waals surface area (Å²) in [6.45, 7) is 3.18. The molecule has 2 aromatic rings. The lowest BCUT2D eigenvalue weighted by Crippen LogP contribution is -2.42. The first-order chi connectivity index (χ1) is 13.7. The lowest BCUT2D eigenvalue weighted by Gasteiger charge is -2.30. The standard InChI is InChI=1S/C23H28N2O3/c1-27-20-9-6-8-17(14-20)21(25-11-4-5-12-25)15-24-23(26)19-13-18-7-2-3-10-22(18)28-16-19/h2-3,6-10,14,19,21H,4-5,11-13,15-16H2,1H3,(H,24,26)/t19-,21+/m1/s1. The van der Waals surface area contributed by atoms with E-state index in [1.807, 2.05) is 36.4 Å². The fourth-order valence-corrected chi connectivity index (χ4v) is 4.20. The number of carbonyl (C=O) groups excluding carboxylic acids is 1. The van der Waals surface area contributed by atoms with Gasteiger partial charge in [-0.1, -0.05) is 30.3 Å². The smallest absolute Gasteiger partial charge is 0.226 e. The van der Waals surface area contributed by atoms with Crippen molar-refractivity contribution in [3.63, 3.8) is 0 Å². The molecule has 0 bridgehead atoms. The maximum Gasteiger partial charge on any atom is 0.226 e. The van der Waals surface area contributed by atoms with Crippen LogP contribution < -0.4 is 14.8 Å². The molecule has 2 aliphatic rings. The number of carbonyl (C=O) groups is 1. The summed E-state index contributed by atoms with van der Waals surface area (Å²) in [7, 11) is 1.69. The van der Waals surface area contributed by atoms with Crippen LogP contribution in [0.25, 0.3) is 0 Å². The average Bonchev–Trinajstić information content (AvgIpc) is 3.28. The maximum absolute atomic E-state index is 12.8. The summed E-state index contributed by atoms with van der Waals surface area (Å²) in [5, 5.41) is 3.19. The van der Waals surface area contributed by atoms with Crippen LogP contribution in [0.1, 0.15) is 30.0 Å². The van der Waals surface area contributed by atoms with E-state index in [2.05, 4.69) is 22.3 Å². The Labute approximate surface area is 166 Å². The molecule has 1 N–H and O–H groups in total. The molecule has 1 amide bonds. The third-order valence-electron chi connectivity index (χ3n) is 5.78. The van der Waals surface area contributed by atoms with Gasteiger partial charge in [-0.15, -0.1) is 0 Å². The number of benzene rings is 2. The van der Waals surface area contributed by atoms with Crippen molar-refractivity contribution >= 4 is 5.91 Å². The summed E-state index contributed by atoms with van der Waals surface area (Å²) < 4.78 is 11.2. The SMILES string of the molecule is COc1cccc([C@H](CNC(=O)[C@H]2COc3ccccc3C2)N2CCCC2)c1. The molecule has 5 nitrogen and oxygen atoms in total. The van der Waals surface area contributed by atoms with Gasteiger partial charge in [-0.3, -0.25) is 9.69 Å². The van der Waals surface area contributed by atoms with Gasteiger partial charge < -0.3 is 14.8 Å². The van der Waals surface area contributed by atoms with Gasteiger partial charge in [-0.25, -0.2) is 0 Å². The van der Waals surface area contributed by atoms with E-state index in [0.717, 1.165) is 36.6 Å². The van der Waals surface area contributed by atoms with Gasteiger partial charge >= 0.3 is 0 Å². The minimum atomic E-state index is -0.139. The molecule has 0 aliphatic carbocycles. The highest BCUT2D eigenvalue weighted by Gasteiger charge is 2.28. The van der Waals surface area contributed by atoms with Crippen LogP contribution in [0.15, 0.2) is 48.5 Å². The first-order valence-corrected chi connectivity index (χ1v) is 10.1. The number of methoxy groups -OCH3 is 1. The number of para-hydroxylation sites is 1. The fraction of sp³-hybridized carbons (Fsp3) is 0.435. The molecule has 4 rings (SSSR count). The number of rotatable bonds is 6. The van der Waals surface area contributed by atoms with Crippen molar-refractivity contribution in [2.45, 2.75) is 25.3 Å². The fourth-order valence-electron chi connectivity index (χ4n) is 4.20. The third-order valence-corrected chi connectivity index (χ3v) is 5.78. The molecule has 0 unspecified atom stereocenters. The molecule has 0 aromatic heterocycles. The molecule has 1 saturated heterocycles. The number of likely N-dealkylation sites (tertiary alicyclic amines) is 1. The van der Waals surface area contributed by atoms with Gasteiger partial charge in [0, 0.05) is 6.54 Å². The van der Waals surface area contributed by atoms with Crippen LogP contribution in [-0.2, 0) is 11.2 Å². The molecule has 0 spiro atoms. The first kappa shape index (κ1) is 18.8. The predicted octanol–water partition coefficient (Wildman–Crippen LogP) is 3.20. The maximum atomic E-state index is 12.8. The number of nitrogens with one attached hydrogen (secondary N) is 1. The molecule has 2 heterocycles. The minimum Gasteiger partial charge on any atom is -0.497 e. The number of amides is 1. The molecular formula is C23H28N2O3. The average molecular weight is 380 g/mol. The Bertz CT molecular complexity index is 817. The summed E-state index contributed by atoms with van der Waals surface area (Å²) in [5.41, 5.74) is 2.30.